The topological polar surface area (TPSA) is 106 Å². The van der Waals surface area contributed by atoms with Crippen LogP contribution >= 0.6 is 0 Å². The predicted molar refractivity (Wildman–Crippen MR) is 97.0 cm³/mol. The van der Waals surface area contributed by atoms with Crippen molar-refractivity contribution in [2.45, 2.75) is 12.8 Å². The quantitative estimate of drug-likeness (QED) is 0.741. The van der Waals surface area contributed by atoms with Crippen molar-refractivity contribution in [3.63, 3.8) is 0 Å². The normalized spacial score (nSPS) is 19.1. The smallest absolute Gasteiger partial charge is 0.249 e. The lowest BCUT2D eigenvalue weighted by atomic mass is 10.1. The average Bonchev–Trinajstić information content (AvgIpc) is 3.09. The van der Waals surface area contributed by atoms with Crippen LogP contribution in [0, 0.1) is 5.92 Å². The molecule has 3 heterocycles. The van der Waals surface area contributed by atoms with Crippen LogP contribution in [0.3, 0.4) is 0 Å². The van der Waals surface area contributed by atoms with Crippen LogP contribution in [0.2, 0.25) is 0 Å². The monoisotopic (exact) mass is 381 g/mol. The van der Waals surface area contributed by atoms with E-state index in [1.807, 2.05) is 25.1 Å². The van der Waals surface area contributed by atoms with Gasteiger partial charge in [-0.25, -0.2) is 8.42 Å². The summed E-state index contributed by atoms with van der Waals surface area (Å²) in [5, 5.41) is 6.92. The van der Waals surface area contributed by atoms with E-state index in [0.717, 1.165) is 6.54 Å². The van der Waals surface area contributed by atoms with Crippen molar-refractivity contribution < 1.29 is 17.9 Å². The molecule has 0 spiro atoms. The van der Waals surface area contributed by atoms with E-state index >= 15 is 0 Å². The maximum atomic E-state index is 12.2. The zero-order chi connectivity index (χ0) is 18.7. The summed E-state index contributed by atoms with van der Waals surface area (Å²) in [7, 11) is 0.931. The molecule has 1 atom stereocenters. The molecule has 0 bridgehead atoms. The van der Waals surface area contributed by atoms with E-state index in [9.17, 15) is 13.2 Å². The molecule has 1 fully saturated rings. The van der Waals surface area contributed by atoms with Crippen LogP contribution in [-0.2, 0) is 14.6 Å². The largest absolute Gasteiger partial charge is 0.476 e. The fourth-order valence-corrected chi connectivity index (χ4v) is 4.71. The Bertz CT molecular complexity index is 893. The Labute approximate surface area is 152 Å². The maximum Gasteiger partial charge on any atom is 0.249 e. The van der Waals surface area contributed by atoms with Gasteiger partial charge >= 0.3 is 0 Å². The summed E-state index contributed by atoms with van der Waals surface area (Å²) in [6.07, 6.45) is 0.680. The number of sulfone groups is 1. The van der Waals surface area contributed by atoms with Crippen LogP contribution in [-0.4, -0.2) is 72.6 Å². The Morgan fingerprint density at radius 3 is 2.92 bits per heavy atom. The van der Waals surface area contributed by atoms with Crippen molar-refractivity contribution >= 4 is 27.3 Å². The lowest BCUT2D eigenvalue weighted by Crippen LogP contribution is -2.20. The van der Waals surface area contributed by atoms with E-state index in [1.165, 1.54) is 4.52 Å². The van der Waals surface area contributed by atoms with Crippen molar-refractivity contribution in [3.05, 3.63) is 18.2 Å². The first-order valence-electron chi connectivity index (χ1n) is 8.46. The second-order valence-corrected chi connectivity index (χ2v) is 8.97. The van der Waals surface area contributed by atoms with E-state index < -0.39 is 9.84 Å². The Morgan fingerprint density at radius 1 is 1.42 bits per heavy atom. The minimum atomic E-state index is -2.99. The second-order valence-electron chi connectivity index (χ2n) is 6.74. The molecule has 3 rings (SSSR count). The first kappa shape index (κ1) is 18.6. The molecule has 9 nitrogen and oxygen atoms in total. The minimum Gasteiger partial charge on any atom is -0.476 e. The van der Waals surface area contributed by atoms with Crippen LogP contribution in [0.5, 0.6) is 5.88 Å². The van der Waals surface area contributed by atoms with Gasteiger partial charge in [-0.1, -0.05) is 6.07 Å². The van der Waals surface area contributed by atoms with Crippen LogP contribution in [0.4, 0.5) is 5.95 Å². The molecule has 1 saturated heterocycles. The third-order valence-corrected chi connectivity index (χ3v) is 6.00. The third-order valence-electron chi connectivity index (χ3n) is 4.17. The van der Waals surface area contributed by atoms with Gasteiger partial charge in [0, 0.05) is 19.0 Å². The zero-order valence-corrected chi connectivity index (χ0v) is 15.7. The number of likely N-dealkylation sites (N-methyl/N-ethyl adjacent to an activating group) is 1. The second kappa shape index (κ2) is 7.58. The number of fused-ring (bicyclic) bond motifs is 1. The molecule has 2 aromatic heterocycles. The van der Waals surface area contributed by atoms with E-state index in [1.54, 1.807) is 12.1 Å². The highest BCUT2D eigenvalue weighted by atomic mass is 32.2. The van der Waals surface area contributed by atoms with Gasteiger partial charge in [-0.3, -0.25) is 10.1 Å². The number of nitrogens with zero attached hydrogens (tertiary/aromatic N) is 4. The van der Waals surface area contributed by atoms with Gasteiger partial charge in [0.1, 0.15) is 6.61 Å². The Morgan fingerprint density at radius 2 is 2.23 bits per heavy atom. The molecular formula is C16H23N5O4S. The van der Waals surface area contributed by atoms with Gasteiger partial charge in [-0.15, -0.1) is 5.10 Å². The highest BCUT2D eigenvalue weighted by molar-refractivity contribution is 7.91. The summed E-state index contributed by atoms with van der Waals surface area (Å²) in [5.74, 6) is 0.535. The summed E-state index contributed by atoms with van der Waals surface area (Å²) < 4.78 is 30.2. The summed E-state index contributed by atoms with van der Waals surface area (Å²) in [6, 6.07) is 5.36. The number of anilines is 1. The Balaban J connectivity index is 1.64. The molecule has 0 saturated carbocycles. The number of amides is 1. The van der Waals surface area contributed by atoms with Gasteiger partial charge in [-0.2, -0.15) is 9.50 Å². The zero-order valence-electron chi connectivity index (χ0n) is 14.9. The molecule has 0 radical (unpaired) electrons. The fraction of sp³-hybridized carbons (Fsp3) is 0.562. The van der Waals surface area contributed by atoms with Crippen molar-refractivity contribution in [2.24, 2.45) is 5.92 Å². The average molecular weight is 381 g/mol. The number of rotatable bonds is 7. The number of hydrogen-bond donors (Lipinski definition) is 1. The van der Waals surface area contributed by atoms with E-state index in [-0.39, 0.29) is 35.7 Å². The van der Waals surface area contributed by atoms with Gasteiger partial charge in [0.2, 0.25) is 17.7 Å². The molecule has 1 unspecified atom stereocenters. The SMILES string of the molecule is CN(C)CCOc1cccc2nc(NC(=O)CC3CCS(=O)(=O)C3)nn12. The molecule has 1 amide bonds. The van der Waals surface area contributed by atoms with Crippen molar-refractivity contribution in [3.8, 4) is 5.88 Å². The molecule has 10 heteroatoms. The van der Waals surface area contributed by atoms with E-state index in [0.29, 0.717) is 24.6 Å². The number of ether oxygens (including phenoxy) is 1. The number of nitrogens with one attached hydrogen (secondary N) is 1. The van der Waals surface area contributed by atoms with Crippen molar-refractivity contribution in [1.82, 2.24) is 19.5 Å². The number of carbonyl (C=O) groups is 1. The maximum absolute atomic E-state index is 12.2. The number of aromatic nitrogens is 3. The van der Waals surface area contributed by atoms with Crippen molar-refractivity contribution in [2.75, 3.05) is 44.1 Å². The summed E-state index contributed by atoms with van der Waals surface area (Å²) in [4.78, 5) is 18.4. The Hall–Kier alpha value is -2.20. The molecule has 2 aromatic rings. The molecule has 142 valence electrons. The summed E-state index contributed by atoms with van der Waals surface area (Å²) in [6.45, 7) is 1.27. The summed E-state index contributed by atoms with van der Waals surface area (Å²) in [5.41, 5.74) is 0.561. The number of carbonyl (C=O) groups excluding carboxylic acids is 1. The first-order chi connectivity index (χ1) is 12.3. The van der Waals surface area contributed by atoms with Gasteiger partial charge in [0.15, 0.2) is 15.5 Å². The molecule has 0 aliphatic carbocycles. The van der Waals surface area contributed by atoms with Crippen LogP contribution < -0.4 is 10.1 Å². The van der Waals surface area contributed by atoms with E-state index in [4.69, 9.17) is 4.74 Å². The fourth-order valence-electron chi connectivity index (χ4n) is 2.85. The third kappa shape index (κ3) is 4.70. The molecule has 0 aromatic carbocycles. The first-order valence-corrected chi connectivity index (χ1v) is 10.3. The van der Waals surface area contributed by atoms with Crippen LogP contribution in [0.1, 0.15) is 12.8 Å². The van der Waals surface area contributed by atoms with E-state index in [2.05, 4.69) is 15.4 Å². The van der Waals surface area contributed by atoms with Crippen LogP contribution in [0.25, 0.3) is 5.65 Å². The minimum absolute atomic E-state index is 0.0723. The number of pyridine rings is 1. The predicted octanol–water partition coefficient (Wildman–Crippen LogP) is 0.433. The van der Waals surface area contributed by atoms with Gasteiger partial charge in [-0.05, 0) is 32.5 Å². The summed E-state index contributed by atoms with van der Waals surface area (Å²) >= 11 is 0. The Kier molecular flexibility index (Phi) is 5.42. The molecule has 26 heavy (non-hydrogen) atoms. The lowest BCUT2D eigenvalue weighted by molar-refractivity contribution is -0.116. The highest BCUT2D eigenvalue weighted by Gasteiger charge is 2.29. The molecule has 1 N–H and O–H groups in total. The molecule has 1 aliphatic heterocycles. The van der Waals surface area contributed by atoms with Gasteiger partial charge < -0.3 is 9.64 Å². The van der Waals surface area contributed by atoms with Crippen LogP contribution in [0.15, 0.2) is 18.2 Å². The molecular weight excluding hydrogens is 358 g/mol. The van der Waals surface area contributed by atoms with Crippen molar-refractivity contribution in [1.29, 1.82) is 0 Å². The lowest BCUT2D eigenvalue weighted by Gasteiger charge is -2.11. The standard InChI is InChI=1S/C16H23N5O4S/c1-20(2)7-8-25-15-5-3-4-13-17-16(19-21(13)15)18-14(22)10-12-6-9-26(23,24)11-12/h3-5,12H,6-11H2,1-2H3,(H,18,19,22). The number of hydrogen-bond acceptors (Lipinski definition) is 7. The highest BCUT2D eigenvalue weighted by Crippen LogP contribution is 2.22. The molecule has 1 aliphatic rings. The van der Waals surface area contributed by atoms with Gasteiger partial charge in [0.05, 0.1) is 11.5 Å². The van der Waals surface area contributed by atoms with Gasteiger partial charge in [0.25, 0.3) is 0 Å².